The van der Waals surface area contributed by atoms with Gasteiger partial charge in [0.05, 0.1) is 19.1 Å². The first kappa shape index (κ1) is 16.1. The molecule has 84 valence electrons. The monoisotopic (exact) mass is 219 g/mol. The van der Waals surface area contributed by atoms with Crippen LogP contribution >= 0.6 is 12.4 Å². The largest absolute Gasteiger partial charge is 0.309 e. The highest BCUT2D eigenvalue weighted by Crippen LogP contribution is 1.89. The SMILES string of the molecule is CC(C)CN=C=NCCCN(C)C.Cl. The Bertz CT molecular complexity index is 172. The third-order valence-electron chi connectivity index (χ3n) is 1.47. The number of nitrogens with zero attached hydrogens (tertiary/aromatic N) is 3. The molecule has 0 unspecified atom stereocenters. The van der Waals surface area contributed by atoms with Gasteiger partial charge in [0.2, 0.25) is 0 Å². The van der Waals surface area contributed by atoms with Gasteiger partial charge in [-0.15, -0.1) is 12.4 Å². The predicted octanol–water partition coefficient (Wildman–Crippen LogP) is 2.19. The van der Waals surface area contributed by atoms with Gasteiger partial charge in [0.25, 0.3) is 0 Å². The number of hydrogen-bond acceptors (Lipinski definition) is 3. The molecule has 0 atom stereocenters. The van der Waals surface area contributed by atoms with Crippen LogP contribution in [0.1, 0.15) is 20.3 Å². The van der Waals surface area contributed by atoms with Crippen molar-refractivity contribution >= 4 is 18.4 Å². The minimum absolute atomic E-state index is 0. The van der Waals surface area contributed by atoms with E-state index >= 15 is 0 Å². The predicted molar refractivity (Wildman–Crippen MR) is 64.9 cm³/mol. The fourth-order valence-corrected chi connectivity index (χ4v) is 0.789. The fourth-order valence-electron chi connectivity index (χ4n) is 0.789. The zero-order valence-corrected chi connectivity index (χ0v) is 10.5. The van der Waals surface area contributed by atoms with Crippen molar-refractivity contribution in [1.82, 2.24) is 4.90 Å². The average Bonchev–Trinajstić information content (AvgIpc) is 2.01. The summed E-state index contributed by atoms with van der Waals surface area (Å²) in [5.41, 5.74) is 0. The van der Waals surface area contributed by atoms with E-state index in [9.17, 15) is 0 Å². The molecule has 0 spiro atoms. The van der Waals surface area contributed by atoms with Gasteiger partial charge in [-0.05, 0) is 33.0 Å². The van der Waals surface area contributed by atoms with Crippen LogP contribution < -0.4 is 0 Å². The van der Waals surface area contributed by atoms with Crippen molar-refractivity contribution in [2.75, 3.05) is 33.7 Å². The second kappa shape index (κ2) is 10.7. The Morgan fingerprint density at radius 3 is 2.36 bits per heavy atom. The summed E-state index contributed by atoms with van der Waals surface area (Å²) in [5.74, 6) is 0.601. The first-order chi connectivity index (χ1) is 6.13. The molecule has 0 rings (SSSR count). The van der Waals surface area contributed by atoms with Crippen molar-refractivity contribution in [1.29, 1.82) is 0 Å². The maximum atomic E-state index is 4.07. The van der Waals surface area contributed by atoms with Crippen LogP contribution in [0, 0.1) is 5.92 Å². The lowest BCUT2D eigenvalue weighted by Crippen LogP contribution is -2.13. The van der Waals surface area contributed by atoms with E-state index in [1.807, 2.05) is 0 Å². The molecule has 0 radical (unpaired) electrons. The molecule has 0 saturated heterocycles. The minimum atomic E-state index is 0. The summed E-state index contributed by atoms with van der Waals surface area (Å²) < 4.78 is 0. The van der Waals surface area contributed by atoms with Gasteiger partial charge in [-0.25, -0.2) is 9.98 Å². The van der Waals surface area contributed by atoms with Crippen LogP contribution in [0.15, 0.2) is 9.98 Å². The second-order valence-corrected chi connectivity index (χ2v) is 3.87. The molecule has 0 aromatic carbocycles. The van der Waals surface area contributed by atoms with Crippen LogP contribution in [-0.4, -0.2) is 44.6 Å². The van der Waals surface area contributed by atoms with E-state index in [1.165, 1.54) is 0 Å². The first-order valence-corrected chi connectivity index (χ1v) is 4.85. The lowest BCUT2D eigenvalue weighted by molar-refractivity contribution is 0.403. The summed E-state index contributed by atoms with van der Waals surface area (Å²) in [6, 6.07) is 2.72. The van der Waals surface area contributed by atoms with E-state index in [2.05, 4.69) is 48.8 Å². The van der Waals surface area contributed by atoms with Crippen LogP contribution in [0.25, 0.3) is 0 Å². The maximum Gasteiger partial charge on any atom is 0.0892 e. The number of rotatable bonds is 6. The molecule has 0 amide bonds. The number of aliphatic imine (C=N–C) groups is 2. The van der Waals surface area contributed by atoms with Gasteiger partial charge in [0.15, 0.2) is 0 Å². The number of hydrogen-bond donors (Lipinski definition) is 0. The van der Waals surface area contributed by atoms with Crippen molar-refractivity contribution in [3.63, 3.8) is 0 Å². The molecular formula is C10H22ClN3. The normalized spacial score (nSPS) is 9.57. The highest BCUT2D eigenvalue weighted by Gasteiger charge is 1.88. The van der Waals surface area contributed by atoms with Crippen molar-refractivity contribution in [2.24, 2.45) is 15.9 Å². The molecule has 0 heterocycles. The molecule has 0 saturated carbocycles. The van der Waals surface area contributed by atoms with Gasteiger partial charge >= 0.3 is 0 Å². The van der Waals surface area contributed by atoms with Crippen molar-refractivity contribution in [3.8, 4) is 0 Å². The van der Waals surface area contributed by atoms with Crippen LogP contribution in [0.2, 0.25) is 0 Å². The Morgan fingerprint density at radius 2 is 1.86 bits per heavy atom. The molecule has 0 bridgehead atoms. The number of halogens is 1. The summed E-state index contributed by atoms with van der Waals surface area (Å²) in [6.07, 6.45) is 1.08. The van der Waals surface area contributed by atoms with Crippen LogP contribution in [0.5, 0.6) is 0 Å². The fraction of sp³-hybridized carbons (Fsp3) is 0.900. The van der Waals surface area contributed by atoms with Crippen molar-refractivity contribution in [2.45, 2.75) is 20.3 Å². The van der Waals surface area contributed by atoms with Gasteiger partial charge in [-0.1, -0.05) is 13.8 Å². The van der Waals surface area contributed by atoms with E-state index < -0.39 is 0 Å². The summed E-state index contributed by atoms with van der Waals surface area (Å²) >= 11 is 0. The molecule has 0 fully saturated rings. The molecule has 0 aromatic heterocycles. The lowest BCUT2D eigenvalue weighted by atomic mass is 10.2. The van der Waals surface area contributed by atoms with E-state index in [4.69, 9.17) is 0 Å². The summed E-state index contributed by atoms with van der Waals surface area (Å²) in [5, 5.41) is 0. The second-order valence-electron chi connectivity index (χ2n) is 3.87. The molecule has 3 nitrogen and oxygen atoms in total. The zero-order valence-electron chi connectivity index (χ0n) is 9.66. The first-order valence-electron chi connectivity index (χ1n) is 4.85. The van der Waals surface area contributed by atoms with Gasteiger partial charge in [-0.3, -0.25) is 0 Å². The molecule has 14 heavy (non-hydrogen) atoms. The van der Waals surface area contributed by atoms with Gasteiger partial charge < -0.3 is 4.90 Å². The molecule has 0 aliphatic rings. The minimum Gasteiger partial charge on any atom is -0.309 e. The van der Waals surface area contributed by atoms with Crippen LogP contribution in [0.3, 0.4) is 0 Å². The summed E-state index contributed by atoms with van der Waals surface area (Å²) in [4.78, 5) is 10.3. The molecule has 0 N–H and O–H groups in total. The standard InChI is InChI=1S/C10H21N3.ClH/c1-10(2)8-12-9-11-6-5-7-13(3)4;/h10H,5-8H2,1-4H3;1H. The average molecular weight is 220 g/mol. The van der Waals surface area contributed by atoms with Crippen LogP contribution in [-0.2, 0) is 0 Å². The van der Waals surface area contributed by atoms with E-state index in [0.717, 1.165) is 26.1 Å². The van der Waals surface area contributed by atoms with E-state index in [1.54, 1.807) is 0 Å². The Balaban J connectivity index is 0. The van der Waals surface area contributed by atoms with Crippen molar-refractivity contribution < 1.29 is 0 Å². The highest BCUT2D eigenvalue weighted by molar-refractivity contribution is 5.85. The lowest BCUT2D eigenvalue weighted by Gasteiger charge is -2.05. The zero-order chi connectivity index (χ0) is 10.1. The van der Waals surface area contributed by atoms with Gasteiger partial charge in [0.1, 0.15) is 0 Å². The van der Waals surface area contributed by atoms with E-state index in [0.29, 0.717) is 5.92 Å². The quantitative estimate of drug-likeness (QED) is 0.497. The summed E-state index contributed by atoms with van der Waals surface area (Å²) in [6.45, 7) is 7.01. The summed E-state index contributed by atoms with van der Waals surface area (Å²) in [7, 11) is 4.13. The smallest absolute Gasteiger partial charge is 0.0892 e. The van der Waals surface area contributed by atoms with Crippen molar-refractivity contribution in [3.05, 3.63) is 0 Å². The Morgan fingerprint density at radius 1 is 1.21 bits per heavy atom. The molecule has 0 aliphatic heterocycles. The Kier molecular flexibility index (Phi) is 12.3. The molecular weight excluding hydrogens is 198 g/mol. The van der Waals surface area contributed by atoms with Gasteiger partial charge in [0, 0.05) is 0 Å². The highest BCUT2D eigenvalue weighted by atomic mass is 35.5. The van der Waals surface area contributed by atoms with Crippen LogP contribution in [0.4, 0.5) is 0 Å². The topological polar surface area (TPSA) is 28.0 Å². The maximum absolute atomic E-state index is 4.07. The third kappa shape index (κ3) is 14.2. The van der Waals surface area contributed by atoms with E-state index in [-0.39, 0.29) is 12.4 Å². The molecule has 4 heteroatoms. The molecule has 0 aliphatic carbocycles. The van der Waals surface area contributed by atoms with Gasteiger partial charge in [-0.2, -0.15) is 0 Å². The Labute approximate surface area is 93.7 Å². The third-order valence-corrected chi connectivity index (χ3v) is 1.47. The Hall–Kier alpha value is -0.370. The molecule has 0 aromatic rings.